The Hall–Kier alpha value is -3.64. The zero-order valence-electron chi connectivity index (χ0n) is 17.7. The summed E-state index contributed by atoms with van der Waals surface area (Å²) in [4.78, 5) is 3.40. The van der Waals surface area contributed by atoms with Crippen molar-refractivity contribution in [1.29, 1.82) is 0 Å². The van der Waals surface area contributed by atoms with E-state index in [1.165, 1.54) is 12.1 Å². The number of benzene rings is 3. The largest absolute Gasteiger partial charge is 0.673 e. The lowest BCUT2D eigenvalue weighted by molar-refractivity contribution is -0.400. The lowest BCUT2D eigenvalue weighted by Crippen LogP contribution is -2.70. The fourth-order valence-electron chi connectivity index (χ4n) is 3.02. The summed E-state index contributed by atoms with van der Waals surface area (Å²) in [7, 11) is -8.11. The summed E-state index contributed by atoms with van der Waals surface area (Å²) in [6.07, 6.45) is 0. The normalized spacial score (nSPS) is 12.2. The summed E-state index contributed by atoms with van der Waals surface area (Å²) >= 11 is 0. The smallest absolute Gasteiger partial charge is 0.497 e. The van der Waals surface area contributed by atoms with Crippen LogP contribution in [0.3, 0.4) is 0 Å². The average molecular weight is 494 g/mol. The zero-order valence-corrected chi connectivity index (χ0v) is 18.5. The molecule has 4 rings (SSSR count). The fourth-order valence-corrected chi connectivity index (χ4v) is 3.53. The maximum absolute atomic E-state index is 11.5. The number of para-hydroxylation sites is 1. The second kappa shape index (κ2) is 10.1. The number of fused-ring (bicyclic) bond motifs is 1. The number of primary sulfonamides is 1. The van der Waals surface area contributed by atoms with E-state index in [0.29, 0.717) is 5.76 Å². The Balaban J connectivity index is 0.000000588. The van der Waals surface area contributed by atoms with Gasteiger partial charge >= 0.3 is 7.25 Å². The third-order valence-corrected chi connectivity index (χ3v) is 5.44. The minimum absolute atomic E-state index is 0.0647. The van der Waals surface area contributed by atoms with E-state index in [0.717, 1.165) is 33.3 Å². The van der Waals surface area contributed by atoms with Crippen LogP contribution in [0.15, 0.2) is 88.2 Å². The first-order chi connectivity index (χ1) is 15.9. The number of hydrogen-bond donors (Lipinski definition) is 2. The van der Waals surface area contributed by atoms with Crippen LogP contribution in [0.5, 0.6) is 5.75 Å². The van der Waals surface area contributed by atoms with Gasteiger partial charge in [-0.1, -0.05) is 12.1 Å². The summed E-state index contributed by atoms with van der Waals surface area (Å²) in [5, 5.41) is 6.91. The van der Waals surface area contributed by atoms with Gasteiger partial charge in [0.25, 0.3) is 0 Å². The highest BCUT2D eigenvalue weighted by atomic mass is 32.2. The Kier molecular flexibility index (Phi) is 7.43. The van der Waals surface area contributed by atoms with E-state index in [4.69, 9.17) is 14.3 Å². The van der Waals surface area contributed by atoms with Crippen LogP contribution in [0.25, 0.3) is 22.3 Å². The first-order valence-electron chi connectivity index (χ1n) is 9.71. The Labute approximate surface area is 192 Å². The monoisotopic (exact) mass is 494 g/mol. The van der Waals surface area contributed by atoms with Gasteiger partial charge in [0.2, 0.25) is 21.1 Å². The van der Waals surface area contributed by atoms with Crippen LogP contribution in [-0.2, 0) is 10.0 Å². The van der Waals surface area contributed by atoms with Crippen molar-refractivity contribution < 1.29 is 39.8 Å². The van der Waals surface area contributed by atoms with E-state index in [-0.39, 0.29) is 4.90 Å². The van der Waals surface area contributed by atoms with Crippen molar-refractivity contribution in [3.05, 3.63) is 84.2 Å². The van der Waals surface area contributed by atoms with Gasteiger partial charge in [0.15, 0.2) is 0 Å². The molecule has 0 saturated carbocycles. The van der Waals surface area contributed by atoms with Gasteiger partial charge in [-0.3, -0.25) is 0 Å². The summed E-state index contributed by atoms with van der Waals surface area (Å²) in [6.45, 7) is 0. The van der Waals surface area contributed by atoms with Crippen LogP contribution in [0, 0.1) is 0 Å². The first kappa shape index (κ1) is 25.0. The van der Waals surface area contributed by atoms with E-state index >= 15 is 0 Å². The molecule has 0 saturated heterocycles. The van der Waals surface area contributed by atoms with E-state index in [1.54, 1.807) is 19.2 Å². The van der Waals surface area contributed by atoms with Crippen molar-refractivity contribution in [2.45, 2.75) is 4.90 Å². The van der Waals surface area contributed by atoms with Crippen LogP contribution < -0.4 is 20.2 Å². The molecule has 12 heteroatoms. The van der Waals surface area contributed by atoms with Gasteiger partial charge in [0, 0.05) is 17.7 Å². The third kappa shape index (κ3) is 6.93. The summed E-state index contributed by atoms with van der Waals surface area (Å²) in [5.74, 6) is 1.46. The van der Waals surface area contributed by atoms with Gasteiger partial charge in [0.05, 0.1) is 23.5 Å². The quantitative estimate of drug-likeness (QED) is 0.336. The molecule has 0 bridgehead atoms. The maximum atomic E-state index is 11.5. The molecule has 0 aliphatic rings. The Morgan fingerprint density at radius 3 is 2.06 bits per heavy atom. The van der Waals surface area contributed by atoms with E-state index in [1.807, 2.05) is 54.6 Å². The average Bonchev–Trinajstić information content (AvgIpc) is 2.78. The van der Waals surface area contributed by atoms with Gasteiger partial charge in [0.1, 0.15) is 17.1 Å². The van der Waals surface area contributed by atoms with E-state index in [9.17, 15) is 25.7 Å². The summed E-state index contributed by atoms with van der Waals surface area (Å²) < 4.78 is 73.2. The lowest BCUT2D eigenvalue weighted by atomic mass is 10.1. The van der Waals surface area contributed by atoms with Crippen LogP contribution in [0.4, 0.5) is 23.0 Å². The second-order valence-electron chi connectivity index (χ2n) is 6.94. The predicted octanol–water partition coefficient (Wildman–Crippen LogP) is 3.37. The number of halogens is 4. The van der Waals surface area contributed by atoms with Gasteiger partial charge in [-0.25, -0.2) is 18.5 Å². The lowest BCUT2D eigenvalue weighted by Gasteiger charge is -2.04. The molecule has 3 N–H and O–H groups in total. The van der Waals surface area contributed by atoms with Crippen LogP contribution in [0.1, 0.15) is 0 Å². The molecule has 0 amide bonds. The van der Waals surface area contributed by atoms with Gasteiger partial charge in [-0.05, 0) is 48.5 Å². The SMILES string of the molecule is COc1ccc(-c2cc(=[NH+]c3ccc(S(N)(=O)=O)cc3)c3ccccc3o2)cc1.F[B-](F)(F)F. The van der Waals surface area contributed by atoms with Crippen molar-refractivity contribution in [3.63, 3.8) is 0 Å². The molecule has 0 unspecified atom stereocenters. The molecule has 0 aliphatic heterocycles. The number of methoxy groups -OCH3 is 1. The standard InChI is InChI=1S/C22H18N2O4S.BF4/c1-27-17-10-6-15(7-11-17)22-14-20(19-4-2-3-5-21(19)28-22)24-16-8-12-18(13-9-16)29(23,25)26;2-1(3,4)5/h2-14H,1H3,(H2,23,25,26);/q;-1/p+1. The first-order valence-corrected chi connectivity index (χ1v) is 11.3. The molecule has 0 spiro atoms. The summed E-state index contributed by atoms with van der Waals surface area (Å²) in [6, 6.07) is 23.5. The summed E-state index contributed by atoms with van der Waals surface area (Å²) in [5.41, 5.74) is 2.36. The number of nitrogens with one attached hydrogen (secondary N) is 1. The minimum Gasteiger partial charge on any atom is -0.497 e. The number of rotatable bonds is 4. The van der Waals surface area contributed by atoms with Crippen molar-refractivity contribution in [2.24, 2.45) is 5.14 Å². The van der Waals surface area contributed by atoms with Crippen molar-refractivity contribution in [1.82, 2.24) is 0 Å². The highest BCUT2D eigenvalue weighted by Crippen LogP contribution is 2.24. The molecular formula is C22H19BF4N2O4S. The molecule has 6 nitrogen and oxygen atoms in total. The highest BCUT2D eigenvalue weighted by molar-refractivity contribution is 7.89. The van der Waals surface area contributed by atoms with Crippen molar-refractivity contribution in [3.8, 4) is 17.1 Å². The Morgan fingerprint density at radius 1 is 0.912 bits per heavy atom. The van der Waals surface area contributed by atoms with Gasteiger partial charge in [-0.15, -0.1) is 0 Å². The van der Waals surface area contributed by atoms with Crippen molar-refractivity contribution in [2.75, 3.05) is 7.11 Å². The Morgan fingerprint density at radius 2 is 1.50 bits per heavy atom. The zero-order chi connectivity index (χ0) is 24.9. The molecule has 1 aromatic heterocycles. The number of hydrogen-bond acceptors (Lipinski definition) is 4. The van der Waals surface area contributed by atoms with Crippen LogP contribution in [0.2, 0.25) is 0 Å². The molecule has 1 heterocycles. The van der Waals surface area contributed by atoms with Crippen LogP contribution >= 0.6 is 0 Å². The third-order valence-electron chi connectivity index (χ3n) is 4.51. The minimum atomic E-state index is -6.00. The number of nitrogens with two attached hydrogens (primary N) is 1. The van der Waals surface area contributed by atoms with Crippen molar-refractivity contribution >= 4 is 33.9 Å². The topological polar surface area (TPSA) is 96.5 Å². The second-order valence-corrected chi connectivity index (χ2v) is 8.50. The van der Waals surface area contributed by atoms with Gasteiger partial charge in [-0.2, -0.15) is 0 Å². The molecule has 0 radical (unpaired) electrons. The van der Waals surface area contributed by atoms with Gasteiger partial charge < -0.3 is 26.4 Å². The number of sulfonamides is 1. The predicted molar refractivity (Wildman–Crippen MR) is 120 cm³/mol. The molecule has 34 heavy (non-hydrogen) atoms. The van der Waals surface area contributed by atoms with E-state index in [2.05, 4.69) is 4.99 Å². The molecule has 4 aromatic rings. The number of ether oxygens (including phenoxy) is 1. The molecule has 0 aliphatic carbocycles. The Bertz CT molecular complexity index is 1450. The molecule has 0 fully saturated rings. The maximum Gasteiger partial charge on any atom is 0.673 e. The molecule has 3 aromatic carbocycles. The van der Waals surface area contributed by atoms with E-state index < -0.39 is 17.3 Å². The molecule has 178 valence electrons. The van der Waals surface area contributed by atoms with Crippen LogP contribution in [-0.4, -0.2) is 22.8 Å². The molecule has 0 atom stereocenters. The highest BCUT2D eigenvalue weighted by Gasteiger charge is 2.20. The molecular weight excluding hydrogens is 475 g/mol. The fraction of sp³-hybridized carbons (Fsp3) is 0.0455.